The van der Waals surface area contributed by atoms with E-state index in [0.29, 0.717) is 25.3 Å². The van der Waals surface area contributed by atoms with E-state index in [9.17, 15) is 9.18 Å². The van der Waals surface area contributed by atoms with Crippen LogP contribution in [0.4, 0.5) is 10.3 Å². The highest BCUT2D eigenvalue weighted by Crippen LogP contribution is 2.31. The van der Waals surface area contributed by atoms with E-state index in [4.69, 9.17) is 0 Å². The Balaban J connectivity index is 1.34. The van der Waals surface area contributed by atoms with Gasteiger partial charge in [-0.2, -0.15) is 0 Å². The highest BCUT2D eigenvalue weighted by molar-refractivity contribution is 5.77. The van der Waals surface area contributed by atoms with Crippen LogP contribution in [0, 0.1) is 19.7 Å². The van der Waals surface area contributed by atoms with Crippen molar-refractivity contribution in [3.8, 4) is 0 Å². The van der Waals surface area contributed by atoms with Gasteiger partial charge in [-0.25, -0.2) is 14.4 Å². The van der Waals surface area contributed by atoms with Crippen LogP contribution >= 0.6 is 0 Å². The number of nitrogens with zero attached hydrogens (tertiary/aromatic N) is 4. The lowest BCUT2D eigenvalue weighted by molar-refractivity contribution is -0.131. The molecule has 4 rings (SSSR count). The molecule has 1 unspecified atom stereocenters. The van der Waals surface area contributed by atoms with Crippen LogP contribution in [-0.2, 0) is 11.2 Å². The van der Waals surface area contributed by atoms with Gasteiger partial charge >= 0.3 is 0 Å². The van der Waals surface area contributed by atoms with E-state index >= 15 is 0 Å². The standard InChI is InChI=1S/C25H28FN5O/c1-17-13-18(2)30-25(29-17)27-11-10-24(32)31-12-4-7-23(31)22-9-8-20(16-28-22)14-19-5-3-6-21(26)15-19/h3,5-6,8-9,13,15-16,23H,4,7,10-12,14H2,1-2H3,(H,27,29,30). The fourth-order valence-electron chi connectivity index (χ4n) is 4.22. The number of likely N-dealkylation sites (tertiary alicyclic amines) is 1. The van der Waals surface area contributed by atoms with Crippen molar-refractivity contribution in [3.05, 3.63) is 82.7 Å². The Kier molecular flexibility index (Phi) is 6.73. The first-order chi connectivity index (χ1) is 15.5. The van der Waals surface area contributed by atoms with Crippen molar-refractivity contribution >= 4 is 11.9 Å². The van der Waals surface area contributed by atoms with Gasteiger partial charge in [-0.15, -0.1) is 0 Å². The quantitative estimate of drug-likeness (QED) is 0.599. The maximum absolute atomic E-state index is 13.4. The number of halogens is 1. The lowest BCUT2D eigenvalue weighted by atomic mass is 10.0. The Hall–Kier alpha value is -3.35. The average Bonchev–Trinajstić information content (AvgIpc) is 3.24. The summed E-state index contributed by atoms with van der Waals surface area (Å²) >= 11 is 0. The molecule has 1 aliphatic heterocycles. The topological polar surface area (TPSA) is 71.0 Å². The second kappa shape index (κ2) is 9.85. The second-order valence-electron chi connectivity index (χ2n) is 8.29. The number of aryl methyl sites for hydroxylation is 2. The molecule has 3 heterocycles. The number of carbonyl (C=O) groups excluding carboxylic acids is 1. The van der Waals surface area contributed by atoms with Crippen LogP contribution in [0.5, 0.6) is 0 Å². The molecular weight excluding hydrogens is 405 g/mol. The first-order valence-corrected chi connectivity index (χ1v) is 11.0. The van der Waals surface area contributed by atoms with Gasteiger partial charge < -0.3 is 10.2 Å². The van der Waals surface area contributed by atoms with Crippen molar-refractivity contribution in [2.45, 2.75) is 45.6 Å². The number of nitrogens with one attached hydrogen (secondary N) is 1. The third-order valence-corrected chi connectivity index (χ3v) is 5.66. The van der Waals surface area contributed by atoms with Gasteiger partial charge in [0.1, 0.15) is 5.82 Å². The summed E-state index contributed by atoms with van der Waals surface area (Å²) in [7, 11) is 0. The molecule has 166 valence electrons. The van der Waals surface area contributed by atoms with Crippen molar-refractivity contribution < 1.29 is 9.18 Å². The summed E-state index contributed by atoms with van der Waals surface area (Å²) in [4.78, 5) is 28.2. The largest absolute Gasteiger partial charge is 0.354 e. The zero-order valence-corrected chi connectivity index (χ0v) is 18.5. The van der Waals surface area contributed by atoms with E-state index in [-0.39, 0.29) is 17.8 Å². The molecule has 1 aliphatic rings. The summed E-state index contributed by atoms with van der Waals surface area (Å²) in [6, 6.07) is 12.6. The van der Waals surface area contributed by atoms with Crippen LogP contribution < -0.4 is 5.32 Å². The molecule has 3 aromatic rings. The van der Waals surface area contributed by atoms with Crippen LogP contribution in [0.3, 0.4) is 0 Å². The molecule has 0 bridgehead atoms. The monoisotopic (exact) mass is 433 g/mol. The Bertz CT molecular complexity index is 1070. The third-order valence-electron chi connectivity index (χ3n) is 5.66. The van der Waals surface area contributed by atoms with Gasteiger partial charge in [0, 0.05) is 37.1 Å². The zero-order chi connectivity index (χ0) is 22.5. The first kappa shape index (κ1) is 21.9. The molecular formula is C25H28FN5O. The minimum atomic E-state index is -0.231. The number of anilines is 1. The summed E-state index contributed by atoms with van der Waals surface area (Å²) in [6.45, 7) is 5.09. The van der Waals surface area contributed by atoms with E-state index in [1.165, 1.54) is 6.07 Å². The summed E-state index contributed by atoms with van der Waals surface area (Å²) in [5, 5.41) is 3.16. The Morgan fingerprint density at radius 2 is 1.94 bits per heavy atom. The highest BCUT2D eigenvalue weighted by Gasteiger charge is 2.30. The number of rotatable bonds is 7. The predicted molar refractivity (Wildman–Crippen MR) is 122 cm³/mol. The Morgan fingerprint density at radius 3 is 2.66 bits per heavy atom. The molecule has 0 spiro atoms. The summed E-state index contributed by atoms with van der Waals surface area (Å²) in [6.07, 6.45) is 4.72. The third kappa shape index (κ3) is 5.46. The smallest absolute Gasteiger partial charge is 0.224 e. The molecule has 0 saturated carbocycles. The fourth-order valence-corrected chi connectivity index (χ4v) is 4.22. The molecule has 32 heavy (non-hydrogen) atoms. The maximum atomic E-state index is 13.4. The molecule has 1 N–H and O–H groups in total. The maximum Gasteiger partial charge on any atom is 0.224 e. The molecule has 0 radical (unpaired) electrons. The van der Waals surface area contributed by atoms with Crippen LogP contribution in [-0.4, -0.2) is 38.8 Å². The molecule has 1 fully saturated rings. The lowest BCUT2D eigenvalue weighted by Gasteiger charge is -2.24. The highest BCUT2D eigenvalue weighted by atomic mass is 19.1. The molecule has 1 aromatic carbocycles. The molecule has 0 aliphatic carbocycles. The van der Waals surface area contributed by atoms with Gasteiger partial charge in [0.05, 0.1) is 11.7 Å². The number of benzene rings is 1. The minimum absolute atomic E-state index is 0.00295. The number of aromatic nitrogens is 3. The van der Waals surface area contributed by atoms with E-state index in [1.54, 1.807) is 12.1 Å². The predicted octanol–water partition coefficient (Wildman–Crippen LogP) is 4.38. The Morgan fingerprint density at radius 1 is 1.12 bits per heavy atom. The van der Waals surface area contributed by atoms with Gasteiger partial charge in [0.25, 0.3) is 0 Å². The van der Waals surface area contributed by atoms with Crippen LogP contribution in [0.1, 0.15) is 53.5 Å². The van der Waals surface area contributed by atoms with Crippen LogP contribution in [0.25, 0.3) is 0 Å². The average molecular weight is 434 g/mol. The van der Waals surface area contributed by atoms with E-state index < -0.39 is 0 Å². The second-order valence-corrected chi connectivity index (χ2v) is 8.29. The van der Waals surface area contributed by atoms with Gasteiger partial charge in [-0.1, -0.05) is 18.2 Å². The number of amides is 1. The van der Waals surface area contributed by atoms with Crippen molar-refractivity contribution in [3.63, 3.8) is 0 Å². The first-order valence-electron chi connectivity index (χ1n) is 11.0. The van der Waals surface area contributed by atoms with Gasteiger partial charge in [-0.05, 0) is 68.5 Å². The lowest BCUT2D eigenvalue weighted by Crippen LogP contribution is -2.32. The molecule has 1 saturated heterocycles. The van der Waals surface area contributed by atoms with Crippen molar-refractivity contribution in [1.29, 1.82) is 0 Å². The number of hydrogen-bond donors (Lipinski definition) is 1. The normalized spacial score (nSPS) is 15.7. The summed E-state index contributed by atoms with van der Waals surface area (Å²) in [5.74, 6) is 0.435. The molecule has 7 heteroatoms. The number of hydrogen-bond acceptors (Lipinski definition) is 5. The molecule has 6 nitrogen and oxygen atoms in total. The van der Waals surface area contributed by atoms with E-state index in [1.807, 2.05) is 49.2 Å². The number of pyridine rings is 1. The molecule has 1 atom stereocenters. The Labute approximate surface area is 187 Å². The minimum Gasteiger partial charge on any atom is -0.354 e. The van der Waals surface area contributed by atoms with Crippen molar-refractivity contribution in [2.75, 3.05) is 18.4 Å². The number of carbonyl (C=O) groups is 1. The molecule has 2 aromatic heterocycles. The van der Waals surface area contributed by atoms with Gasteiger partial charge in [-0.3, -0.25) is 9.78 Å². The SMILES string of the molecule is Cc1cc(C)nc(NCCC(=O)N2CCCC2c2ccc(Cc3cccc(F)c3)cn2)n1. The van der Waals surface area contributed by atoms with E-state index in [2.05, 4.69) is 20.3 Å². The van der Waals surface area contributed by atoms with Crippen LogP contribution in [0.2, 0.25) is 0 Å². The van der Waals surface area contributed by atoms with E-state index in [0.717, 1.165) is 47.6 Å². The zero-order valence-electron chi connectivity index (χ0n) is 18.5. The summed E-state index contributed by atoms with van der Waals surface area (Å²) < 4.78 is 13.4. The van der Waals surface area contributed by atoms with Gasteiger partial charge in [0.2, 0.25) is 11.9 Å². The van der Waals surface area contributed by atoms with Crippen molar-refractivity contribution in [1.82, 2.24) is 19.9 Å². The van der Waals surface area contributed by atoms with Gasteiger partial charge in [0.15, 0.2) is 0 Å². The van der Waals surface area contributed by atoms with Crippen molar-refractivity contribution in [2.24, 2.45) is 0 Å². The fraction of sp³-hybridized carbons (Fsp3) is 0.360. The summed E-state index contributed by atoms with van der Waals surface area (Å²) in [5.41, 5.74) is 4.64. The molecule has 1 amide bonds. The van der Waals surface area contributed by atoms with Crippen LogP contribution in [0.15, 0.2) is 48.7 Å².